The van der Waals surface area contributed by atoms with E-state index in [0.29, 0.717) is 16.6 Å². The van der Waals surface area contributed by atoms with Gasteiger partial charge in [-0.2, -0.15) is 0 Å². The minimum absolute atomic E-state index is 0.0452. The van der Waals surface area contributed by atoms with E-state index < -0.39 is 18.0 Å². The number of ether oxygens (including phenoxy) is 1. The molecule has 3 aromatic heterocycles. The fourth-order valence-corrected chi connectivity index (χ4v) is 3.74. The molecular formula is C24H22F2N6O3S. The number of alkyl halides is 2. The maximum Gasteiger partial charge on any atom is 0.280 e. The van der Waals surface area contributed by atoms with E-state index in [1.807, 2.05) is 0 Å². The molecule has 1 N–H and O–H groups in total. The summed E-state index contributed by atoms with van der Waals surface area (Å²) >= 11 is 1.12. The standard InChI is InChI=1S/C24H22F2N6O3S/c1-32(2)21(33)9-14-8-15(16-10-18(22(25)26)28-12-19(16)35-3)17(11-27-14)23(34)29-24-31-30-20(36-24)7-6-13-4-5-13/h8,10-13,22H,4-5,9H2,1-3H3,(H,29,31,34). The third-order valence-corrected chi connectivity index (χ3v) is 6.02. The predicted molar refractivity (Wildman–Crippen MR) is 129 cm³/mol. The quantitative estimate of drug-likeness (QED) is 0.482. The Labute approximate surface area is 209 Å². The highest BCUT2D eigenvalue weighted by atomic mass is 32.1. The van der Waals surface area contributed by atoms with Crippen LogP contribution in [0.15, 0.2) is 24.5 Å². The van der Waals surface area contributed by atoms with Gasteiger partial charge in [0.25, 0.3) is 12.3 Å². The Morgan fingerprint density at radius 1 is 1.19 bits per heavy atom. The topological polar surface area (TPSA) is 110 Å². The summed E-state index contributed by atoms with van der Waals surface area (Å²) in [5.74, 6) is 5.80. The molecule has 3 aromatic rings. The molecule has 12 heteroatoms. The van der Waals surface area contributed by atoms with Crippen molar-refractivity contribution in [3.8, 4) is 28.7 Å². The molecule has 0 saturated heterocycles. The van der Waals surface area contributed by atoms with Gasteiger partial charge in [0.15, 0.2) is 5.01 Å². The largest absolute Gasteiger partial charge is 0.494 e. The number of halogens is 2. The van der Waals surface area contributed by atoms with Gasteiger partial charge in [-0.05, 0) is 30.9 Å². The van der Waals surface area contributed by atoms with Crippen LogP contribution in [0.3, 0.4) is 0 Å². The van der Waals surface area contributed by atoms with Crippen LogP contribution in [0.2, 0.25) is 0 Å². The van der Waals surface area contributed by atoms with Gasteiger partial charge in [-0.25, -0.2) is 8.78 Å². The smallest absolute Gasteiger partial charge is 0.280 e. The van der Waals surface area contributed by atoms with E-state index in [0.717, 1.165) is 30.2 Å². The zero-order chi connectivity index (χ0) is 25.8. The molecule has 9 nitrogen and oxygen atoms in total. The third kappa shape index (κ3) is 5.98. The van der Waals surface area contributed by atoms with E-state index in [9.17, 15) is 18.4 Å². The maximum atomic E-state index is 13.4. The average Bonchev–Trinajstić information content (AvgIpc) is 3.59. The van der Waals surface area contributed by atoms with Gasteiger partial charge in [-0.15, -0.1) is 10.2 Å². The van der Waals surface area contributed by atoms with E-state index in [1.54, 1.807) is 14.1 Å². The van der Waals surface area contributed by atoms with Gasteiger partial charge >= 0.3 is 0 Å². The number of amides is 2. The first-order chi connectivity index (χ1) is 17.2. The summed E-state index contributed by atoms with van der Waals surface area (Å²) in [6, 6.07) is 2.67. The number of carbonyl (C=O) groups is 2. The lowest BCUT2D eigenvalue weighted by molar-refractivity contribution is -0.128. The SMILES string of the molecule is COc1cnc(C(F)F)cc1-c1cc(CC(=O)N(C)C)ncc1C(=O)Nc1nnc(C#CC2CC2)s1. The Balaban J connectivity index is 1.72. The summed E-state index contributed by atoms with van der Waals surface area (Å²) in [5.41, 5.74) is 0.404. The van der Waals surface area contributed by atoms with E-state index in [4.69, 9.17) is 4.74 Å². The molecule has 1 saturated carbocycles. The van der Waals surface area contributed by atoms with Gasteiger partial charge in [0.05, 0.1) is 31.0 Å². The van der Waals surface area contributed by atoms with E-state index in [1.165, 1.54) is 30.5 Å². The first kappa shape index (κ1) is 25.1. The molecule has 2 amide bonds. The van der Waals surface area contributed by atoms with Crippen LogP contribution in [0.25, 0.3) is 11.1 Å². The molecule has 1 aliphatic carbocycles. The fourth-order valence-electron chi connectivity index (χ4n) is 3.14. The number of hydrogen-bond donors (Lipinski definition) is 1. The zero-order valence-electron chi connectivity index (χ0n) is 19.7. The Morgan fingerprint density at radius 2 is 1.97 bits per heavy atom. The molecule has 0 atom stereocenters. The molecule has 186 valence electrons. The van der Waals surface area contributed by atoms with Crippen molar-refractivity contribution in [1.82, 2.24) is 25.1 Å². The summed E-state index contributed by atoms with van der Waals surface area (Å²) < 4.78 is 32.2. The lowest BCUT2D eigenvalue weighted by Crippen LogP contribution is -2.24. The van der Waals surface area contributed by atoms with Crippen molar-refractivity contribution < 1.29 is 23.1 Å². The van der Waals surface area contributed by atoms with Crippen LogP contribution >= 0.6 is 11.3 Å². The Morgan fingerprint density at radius 3 is 2.64 bits per heavy atom. The number of pyridine rings is 2. The van der Waals surface area contributed by atoms with Crippen LogP contribution in [-0.4, -0.2) is 58.1 Å². The number of rotatable bonds is 7. The first-order valence-corrected chi connectivity index (χ1v) is 11.7. The number of aromatic nitrogens is 4. The van der Waals surface area contributed by atoms with Gasteiger partial charge in [0, 0.05) is 37.3 Å². The molecule has 0 spiro atoms. The molecule has 1 fully saturated rings. The third-order valence-electron chi connectivity index (χ3n) is 5.26. The molecule has 0 unspecified atom stereocenters. The van der Waals surface area contributed by atoms with Crippen LogP contribution in [0.5, 0.6) is 5.75 Å². The van der Waals surface area contributed by atoms with E-state index >= 15 is 0 Å². The van der Waals surface area contributed by atoms with Crippen molar-refractivity contribution in [3.63, 3.8) is 0 Å². The second kappa shape index (κ2) is 10.7. The van der Waals surface area contributed by atoms with Gasteiger partial charge in [0.1, 0.15) is 11.4 Å². The average molecular weight is 513 g/mol. The van der Waals surface area contributed by atoms with Gasteiger partial charge < -0.3 is 9.64 Å². The van der Waals surface area contributed by atoms with Crippen molar-refractivity contribution in [2.24, 2.45) is 5.92 Å². The number of methoxy groups -OCH3 is 1. The van der Waals surface area contributed by atoms with Crippen molar-refractivity contribution in [3.05, 3.63) is 46.5 Å². The van der Waals surface area contributed by atoms with Crippen LogP contribution in [0, 0.1) is 17.8 Å². The summed E-state index contributed by atoms with van der Waals surface area (Å²) in [4.78, 5) is 34.9. The molecule has 4 rings (SSSR count). The summed E-state index contributed by atoms with van der Waals surface area (Å²) in [6.07, 6.45) is 1.73. The van der Waals surface area contributed by atoms with Crippen molar-refractivity contribution >= 4 is 28.3 Å². The van der Waals surface area contributed by atoms with Gasteiger partial charge in [-0.1, -0.05) is 17.3 Å². The van der Waals surface area contributed by atoms with Crippen LogP contribution in [-0.2, 0) is 11.2 Å². The number of hydrogen-bond acceptors (Lipinski definition) is 8. The molecular weight excluding hydrogens is 490 g/mol. The highest BCUT2D eigenvalue weighted by Gasteiger charge is 2.22. The highest BCUT2D eigenvalue weighted by Crippen LogP contribution is 2.35. The molecule has 0 bridgehead atoms. The molecule has 1 aliphatic rings. The number of anilines is 1. The lowest BCUT2D eigenvalue weighted by atomic mass is 9.98. The van der Waals surface area contributed by atoms with Crippen LogP contribution in [0.4, 0.5) is 13.9 Å². The summed E-state index contributed by atoms with van der Waals surface area (Å²) in [7, 11) is 4.58. The van der Waals surface area contributed by atoms with Crippen LogP contribution < -0.4 is 10.1 Å². The van der Waals surface area contributed by atoms with Crippen molar-refractivity contribution in [2.45, 2.75) is 25.7 Å². The molecule has 0 aliphatic heterocycles. The Bertz CT molecular complexity index is 1360. The van der Waals surface area contributed by atoms with Crippen molar-refractivity contribution in [2.75, 3.05) is 26.5 Å². The monoisotopic (exact) mass is 512 g/mol. The molecule has 3 heterocycles. The van der Waals surface area contributed by atoms with Gasteiger partial charge in [-0.3, -0.25) is 24.9 Å². The second-order valence-electron chi connectivity index (χ2n) is 8.21. The first-order valence-electron chi connectivity index (χ1n) is 10.9. The zero-order valence-corrected chi connectivity index (χ0v) is 20.5. The normalized spacial score (nSPS) is 12.6. The number of carbonyl (C=O) groups excluding carboxylic acids is 2. The van der Waals surface area contributed by atoms with Crippen LogP contribution in [0.1, 0.15) is 46.0 Å². The molecule has 36 heavy (non-hydrogen) atoms. The Hall–Kier alpha value is -3.98. The minimum atomic E-state index is -2.83. The number of nitrogens with zero attached hydrogens (tertiary/aromatic N) is 5. The van der Waals surface area contributed by atoms with Crippen molar-refractivity contribution in [1.29, 1.82) is 0 Å². The predicted octanol–water partition coefficient (Wildman–Crippen LogP) is 3.59. The van der Waals surface area contributed by atoms with E-state index in [-0.39, 0.29) is 39.9 Å². The molecule has 0 radical (unpaired) electrons. The van der Waals surface area contributed by atoms with Gasteiger partial charge in [0.2, 0.25) is 11.0 Å². The number of likely N-dealkylation sites (N-methyl/N-ethyl adjacent to an activating group) is 1. The summed E-state index contributed by atoms with van der Waals surface area (Å²) in [5, 5.41) is 11.3. The number of nitrogens with one attached hydrogen (secondary N) is 1. The minimum Gasteiger partial charge on any atom is -0.494 e. The molecule has 0 aromatic carbocycles. The summed E-state index contributed by atoms with van der Waals surface area (Å²) in [6.45, 7) is 0. The van der Waals surface area contributed by atoms with E-state index in [2.05, 4.69) is 37.3 Å². The fraction of sp³-hybridized carbons (Fsp3) is 0.333. The Kier molecular flexibility index (Phi) is 7.49. The maximum absolute atomic E-state index is 13.4. The second-order valence-corrected chi connectivity index (χ2v) is 9.18. The lowest BCUT2D eigenvalue weighted by Gasteiger charge is -2.15. The highest BCUT2D eigenvalue weighted by molar-refractivity contribution is 7.15.